The summed E-state index contributed by atoms with van der Waals surface area (Å²) in [7, 11) is 0. The summed E-state index contributed by atoms with van der Waals surface area (Å²) in [5.74, 6) is 1.84. The number of para-hydroxylation sites is 2. The van der Waals surface area contributed by atoms with Crippen LogP contribution in [0.5, 0.6) is 0 Å². The normalized spacial score (nSPS) is 16.0. The molecular weight excluding hydrogens is 282 g/mol. The van der Waals surface area contributed by atoms with Gasteiger partial charge < -0.3 is 9.88 Å². The van der Waals surface area contributed by atoms with Gasteiger partial charge in [-0.2, -0.15) is 0 Å². The van der Waals surface area contributed by atoms with Crippen molar-refractivity contribution in [3.05, 3.63) is 54.1 Å². The molecule has 3 heteroatoms. The van der Waals surface area contributed by atoms with Gasteiger partial charge in [-0.25, -0.2) is 4.98 Å². The average molecular weight is 305 g/mol. The lowest BCUT2D eigenvalue weighted by Gasteiger charge is -2.24. The number of rotatable bonds is 3. The quantitative estimate of drug-likeness (QED) is 0.792. The third kappa shape index (κ3) is 2.89. The minimum Gasteiger partial charge on any atom is -0.324 e. The Balaban J connectivity index is 1.80. The van der Waals surface area contributed by atoms with E-state index in [-0.39, 0.29) is 0 Å². The van der Waals surface area contributed by atoms with Crippen molar-refractivity contribution < 1.29 is 0 Å². The molecule has 118 valence electrons. The number of benzene rings is 2. The number of nitrogens with one attached hydrogen (secondary N) is 1. The standard InChI is InChI=1S/C20H23N3/c1-15-5-4-6-17(13-15)20-22-18-7-2-3-8-19(18)23(20)14-16-9-11-21-12-10-16/h2-8,13,16,21H,9-12,14H2,1H3. The van der Waals surface area contributed by atoms with Gasteiger partial charge in [-0.1, -0.05) is 35.9 Å². The minimum atomic E-state index is 0.734. The highest BCUT2D eigenvalue weighted by Crippen LogP contribution is 2.28. The van der Waals surface area contributed by atoms with Gasteiger partial charge in [-0.05, 0) is 57.0 Å². The first kappa shape index (κ1) is 14.5. The zero-order valence-corrected chi connectivity index (χ0v) is 13.6. The van der Waals surface area contributed by atoms with E-state index in [1.54, 1.807) is 0 Å². The van der Waals surface area contributed by atoms with Crippen molar-refractivity contribution >= 4 is 11.0 Å². The van der Waals surface area contributed by atoms with E-state index in [1.807, 2.05) is 0 Å². The summed E-state index contributed by atoms with van der Waals surface area (Å²) in [6, 6.07) is 17.2. The zero-order chi connectivity index (χ0) is 15.6. The molecule has 23 heavy (non-hydrogen) atoms. The van der Waals surface area contributed by atoms with Crippen LogP contribution >= 0.6 is 0 Å². The molecule has 1 aliphatic heterocycles. The second-order valence-corrected chi connectivity index (χ2v) is 6.60. The van der Waals surface area contributed by atoms with Crippen molar-refractivity contribution in [3.8, 4) is 11.4 Å². The van der Waals surface area contributed by atoms with E-state index in [0.29, 0.717) is 0 Å². The molecule has 2 heterocycles. The molecule has 0 radical (unpaired) electrons. The molecule has 3 nitrogen and oxygen atoms in total. The van der Waals surface area contributed by atoms with Crippen LogP contribution in [-0.2, 0) is 6.54 Å². The van der Waals surface area contributed by atoms with Gasteiger partial charge in [0.25, 0.3) is 0 Å². The fourth-order valence-electron chi connectivity index (χ4n) is 3.59. The van der Waals surface area contributed by atoms with E-state index in [4.69, 9.17) is 4.98 Å². The van der Waals surface area contributed by atoms with E-state index in [0.717, 1.165) is 36.9 Å². The number of aryl methyl sites for hydroxylation is 1. The lowest BCUT2D eigenvalue weighted by Crippen LogP contribution is -2.30. The summed E-state index contributed by atoms with van der Waals surface area (Å²) in [6.07, 6.45) is 2.50. The summed E-state index contributed by atoms with van der Waals surface area (Å²) in [4.78, 5) is 4.94. The van der Waals surface area contributed by atoms with Crippen LogP contribution in [0.25, 0.3) is 22.4 Å². The number of fused-ring (bicyclic) bond motifs is 1. The van der Waals surface area contributed by atoms with E-state index in [9.17, 15) is 0 Å². The molecule has 4 rings (SSSR count). The van der Waals surface area contributed by atoms with Crippen LogP contribution in [0, 0.1) is 12.8 Å². The first-order chi connectivity index (χ1) is 11.3. The second kappa shape index (κ2) is 6.17. The molecule has 0 unspecified atom stereocenters. The van der Waals surface area contributed by atoms with Gasteiger partial charge in [0.1, 0.15) is 5.82 Å². The van der Waals surface area contributed by atoms with Gasteiger partial charge in [-0.15, -0.1) is 0 Å². The van der Waals surface area contributed by atoms with Gasteiger partial charge in [0.05, 0.1) is 11.0 Å². The Hall–Kier alpha value is -2.13. The SMILES string of the molecule is Cc1cccc(-c2nc3ccccc3n2CC2CCNCC2)c1. The van der Waals surface area contributed by atoms with Gasteiger partial charge in [0.15, 0.2) is 0 Å². The van der Waals surface area contributed by atoms with Crippen LogP contribution in [-0.4, -0.2) is 22.6 Å². The van der Waals surface area contributed by atoms with Gasteiger partial charge in [0, 0.05) is 12.1 Å². The third-order valence-electron chi connectivity index (χ3n) is 4.83. The molecule has 0 spiro atoms. The van der Waals surface area contributed by atoms with Crippen molar-refractivity contribution in [2.45, 2.75) is 26.3 Å². The second-order valence-electron chi connectivity index (χ2n) is 6.60. The number of hydrogen-bond donors (Lipinski definition) is 1. The van der Waals surface area contributed by atoms with E-state index in [2.05, 4.69) is 65.3 Å². The Kier molecular flexibility index (Phi) is 3.88. The van der Waals surface area contributed by atoms with Crippen molar-refractivity contribution in [2.75, 3.05) is 13.1 Å². The maximum absolute atomic E-state index is 4.94. The summed E-state index contributed by atoms with van der Waals surface area (Å²) in [5, 5.41) is 3.46. The van der Waals surface area contributed by atoms with Gasteiger partial charge >= 0.3 is 0 Å². The Labute approximate surface area is 137 Å². The highest BCUT2D eigenvalue weighted by atomic mass is 15.1. The number of nitrogens with zero attached hydrogens (tertiary/aromatic N) is 2. The largest absolute Gasteiger partial charge is 0.324 e. The highest BCUT2D eigenvalue weighted by Gasteiger charge is 2.18. The Bertz CT molecular complexity index is 813. The molecule has 1 saturated heterocycles. The van der Waals surface area contributed by atoms with Gasteiger partial charge in [-0.3, -0.25) is 0 Å². The van der Waals surface area contributed by atoms with Crippen LogP contribution in [0.1, 0.15) is 18.4 Å². The highest BCUT2D eigenvalue weighted by molar-refractivity contribution is 5.80. The van der Waals surface area contributed by atoms with Crippen LogP contribution in [0.2, 0.25) is 0 Å². The third-order valence-corrected chi connectivity index (χ3v) is 4.83. The number of piperidine rings is 1. The lowest BCUT2D eigenvalue weighted by atomic mass is 9.98. The minimum absolute atomic E-state index is 0.734. The molecule has 1 aromatic heterocycles. The molecule has 1 N–H and O–H groups in total. The monoisotopic (exact) mass is 305 g/mol. The zero-order valence-electron chi connectivity index (χ0n) is 13.6. The molecule has 0 atom stereocenters. The van der Waals surface area contributed by atoms with Crippen molar-refractivity contribution in [3.63, 3.8) is 0 Å². The van der Waals surface area contributed by atoms with Crippen LogP contribution < -0.4 is 5.32 Å². The Morgan fingerprint density at radius 3 is 2.74 bits per heavy atom. The van der Waals surface area contributed by atoms with Gasteiger partial charge in [0.2, 0.25) is 0 Å². The maximum atomic E-state index is 4.94. The summed E-state index contributed by atoms with van der Waals surface area (Å²) >= 11 is 0. The first-order valence-electron chi connectivity index (χ1n) is 8.54. The van der Waals surface area contributed by atoms with Crippen LogP contribution in [0.4, 0.5) is 0 Å². The van der Waals surface area contributed by atoms with E-state index >= 15 is 0 Å². The summed E-state index contributed by atoms with van der Waals surface area (Å²) < 4.78 is 2.43. The topological polar surface area (TPSA) is 29.9 Å². The van der Waals surface area contributed by atoms with Crippen molar-refractivity contribution in [2.24, 2.45) is 5.92 Å². The molecule has 0 saturated carbocycles. The molecule has 3 aromatic rings. The number of aromatic nitrogens is 2. The first-order valence-corrected chi connectivity index (χ1v) is 8.54. The molecule has 0 amide bonds. The summed E-state index contributed by atoms with van der Waals surface area (Å²) in [6.45, 7) is 5.48. The van der Waals surface area contributed by atoms with E-state index < -0.39 is 0 Å². The fourth-order valence-corrected chi connectivity index (χ4v) is 3.59. The Morgan fingerprint density at radius 2 is 1.91 bits per heavy atom. The lowest BCUT2D eigenvalue weighted by molar-refractivity contribution is 0.337. The summed E-state index contributed by atoms with van der Waals surface area (Å²) in [5.41, 5.74) is 4.85. The molecule has 0 bridgehead atoms. The Morgan fingerprint density at radius 1 is 1.09 bits per heavy atom. The predicted molar refractivity (Wildman–Crippen MR) is 95.5 cm³/mol. The van der Waals surface area contributed by atoms with E-state index in [1.165, 1.54) is 29.5 Å². The molecule has 1 aliphatic rings. The van der Waals surface area contributed by atoms with Crippen LogP contribution in [0.3, 0.4) is 0 Å². The average Bonchev–Trinajstić information content (AvgIpc) is 2.95. The number of hydrogen-bond acceptors (Lipinski definition) is 2. The van der Waals surface area contributed by atoms with Crippen molar-refractivity contribution in [1.82, 2.24) is 14.9 Å². The predicted octanol–water partition coefficient (Wildman–Crippen LogP) is 4.01. The molecular formula is C20H23N3. The molecule has 2 aromatic carbocycles. The molecule has 0 aliphatic carbocycles. The smallest absolute Gasteiger partial charge is 0.141 e. The maximum Gasteiger partial charge on any atom is 0.141 e. The van der Waals surface area contributed by atoms with Crippen molar-refractivity contribution in [1.29, 1.82) is 0 Å². The van der Waals surface area contributed by atoms with Crippen LogP contribution in [0.15, 0.2) is 48.5 Å². The fraction of sp³-hybridized carbons (Fsp3) is 0.350. The number of imidazole rings is 1. The molecule has 1 fully saturated rings.